The monoisotopic (exact) mass is 313 g/mol. The number of piperidine rings is 1. The average Bonchev–Trinajstić information content (AvgIpc) is 2.38. The van der Waals surface area contributed by atoms with Gasteiger partial charge in [-0.15, -0.1) is 0 Å². The van der Waals surface area contributed by atoms with Gasteiger partial charge in [0.05, 0.1) is 6.61 Å². The van der Waals surface area contributed by atoms with Gasteiger partial charge in [0.15, 0.2) is 0 Å². The van der Waals surface area contributed by atoms with Crippen molar-refractivity contribution in [2.24, 2.45) is 5.92 Å². The van der Waals surface area contributed by atoms with Crippen LogP contribution >= 0.6 is 15.9 Å². The highest BCUT2D eigenvalue weighted by Gasteiger charge is 2.20. The molecule has 1 aromatic heterocycles. The van der Waals surface area contributed by atoms with E-state index in [-0.39, 0.29) is 0 Å². The van der Waals surface area contributed by atoms with Gasteiger partial charge in [-0.25, -0.2) is 4.98 Å². The van der Waals surface area contributed by atoms with Crippen molar-refractivity contribution in [2.45, 2.75) is 26.7 Å². The van der Waals surface area contributed by atoms with Crippen LogP contribution in [-0.2, 0) is 0 Å². The molecule has 1 fully saturated rings. The normalized spacial score (nSPS) is 16.9. The molecule has 4 nitrogen and oxygen atoms in total. The second-order valence-corrected chi connectivity index (χ2v) is 5.31. The summed E-state index contributed by atoms with van der Waals surface area (Å²) in [5.41, 5.74) is 0.964. The minimum atomic E-state index is 0.640. The van der Waals surface area contributed by atoms with Crippen LogP contribution in [0.1, 0.15) is 25.5 Å². The third kappa shape index (κ3) is 3.34. The number of aryl methyl sites for hydroxylation is 1. The Morgan fingerprint density at radius 2 is 2.11 bits per heavy atom. The van der Waals surface area contributed by atoms with Gasteiger partial charge in [-0.2, -0.15) is 4.98 Å². The molecule has 1 saturated heterocycles. The van der Waals surface area contributed by atoms with E-state index >= 15 is 0 Å². The highest BCUT2D eigenvalue weighted by atomic mass is 79.9. The lowest BCUT2D eigenvalue weighted by Crippen LogP contribution is -2.35. The Kier molecular flexibility index (Phi) is 4.80. The number of rotatable bonds is 4. The summed E-state index contributed by atoms with van der Waals surface area (Å²) in [6.45, 7) is 6.66. The molecule has 0 bridgehead atoms. The summed E-state index contributed by atoms with van der Waals surface area (Å²) in [5, 5.41) is 1.10. The first-order valence-corrected chi connectivity index (χ1v) is 7.64. The van der Waals surface area contributed by atoms with Gasteiger partial charge in [-0.3, -0.25) is 0 Å². The molecule has 0 saturated carbocycles. The van der Waals surface area contributed by atoms with Gasteiger partial charge in [0.2, 0.25) is 11.8 Å². The molecule has 0 atom stereocenters. The zero-order valence-electron chi connectivity index (χ0n) is 11.0. The number of nitrogens with zero attached hydrogens (tertiary/aromatic N) is 3. The first-order valence-electron chi connectivity index (χ1n) is 6.52. The second-order valence-electron chi connectivity index (χ2n) is 4.67. The van der Waals surface area contributed by atoms with Crippen LogP contribution in [0.4, 0.5) is 5.95 Å². The Morgan fingerprint density at radius 1 is 1.39 bits per heavy atom. The number of aromatic nitrogens is 2. The predicted molar refractivity (Wildman–Crippen MR) is 76.7 cm³/mol. The van der Waals surface area contributed by atoms with Crippen molar-refractivity contribution in [3.05, 3.63) is 11.8 Å². The van der Waals surface area contributed by atoms with Gasteiger partial charge in [0, 0.05) is 30.2 Å². The van der Waals surface area contributed by atoms with E-state index in [0.29, 0.717) is 12.5 Å². The van der Waals surface area contributed by atoms with Crippen molar-refractivity contribution in [1.82, 2.24) is 9.97 Å². The fourth-order valence-electron chi connectivity index (χ4n) is 2.18. The molecule has 0 aliphatic carbocycles. The lowest BCUT2D eigenvalue weighted by Gasteiger charge is -2.31. The van der Waals surface area contributed by atoms with Crippen LogP contribution in [0.15, 0.2) is 6.07 Å². The molecule has 0 aromatic carbocycles. The topological polar surface area (TPSA) is 38.2 Å². The first-order chi connectivity index (χ1) is 8.72. The van der Waals surface area contributed by atoms with E-state index < -0.39 is 0 Å². The highest BCUT2D eigenvalue weighted by Crippen LogP contribution is 2.23. The summed E-state index contributed by atoms with van der Waals surface area (Å²) in [5.74, 6) is 2.28. The largest absolute Gasteiger partial charge is 0.478 e. The van der Waals surface area contributed by atoms with Crippen molar-refractivity contribution < 1.29 is 4.74 Å². The minimum Gasteiger partial charge on any atom is -0.478 e. The van der Waals surface area contributed by atoms with Gasteiger partial charge >= 0.3 is 0 Å². The molecule has 0 radical (unpaired) electrons. The smallest absolute Gasteiger partial charge is 0.228 e. The lowest BCUT2D eigenvalue weighted by atomic mass is 9.99. The van der Waals surface area contributed by atoms with Crippen LogP contribution in [0.25, 0.3) is 0 Å². The van der Waals surface area contributed by atoms with E-state index in [1.54, 1.807) is 0 Å². The first kappa shape index (κ1) is 13.6. The third-order valence-electron chi connectivity index (χ3n) is 3.23. The molecular formula is C13H20BrN3O. The lowest BCUT2D eigenvalue weighted by molar-refractivity contribution is 0.325. The van der Waals surface area contributed by atoms with Gasteiger partial charge in [-0.05, 0) is 32.6 Å². The van der Waals surface area contributed by atoms with Crippen LogP contribution in [0.5, 0.6) is 5.88 Å². The molecule has 1 aliphatic rings. The van der Waals surface area contributed by atoms with Crippen molar-refractivity contribution in [2.75, 3.05) is 29.9 Å². The summed E-state index contributed by atoms with van der Waals surface area (Å²) in [6, 6.07) is 1.89. The molecule has 5 heteroatoms. The maximum atomic E-state index is 5.48. The van der Waals surface area contributed by atoms with E-state index in [1.807, 2.05) is 19.9 Å². The van der Waals surface area contributed by atoms with Crippen molar-refractivity contribution in [3.8, 4) is 5.88 Å². The van der Waals surface area contributed by atoms with Crippen LogP contribution in [-0.4, -0.2) is 35.0 Å². The van der Waals surface area contributed by atoms with Crippen LogP contribution < -0.4 is 9.64 Å². The molecule has 0 spiro atoms. The Morgan fingerprint density at radius 3 is 2.72 bits per heavy atom. The molecule has 2 heterocycles. The highest BCUT2D eigenvalue weighted by molar-refractivity contribution is 9.09. The summed E-state index contributed by atoms with van der Waals surface area (Å²) in [6.07, 6.45) is 2.40. The van der Waals surface area contributed by atoms with E-state index in [4.69, 9.17) is 4.74 Å². The van der Waals surface area contributed by atoms with Gasteiger partial charge in [0.1, 0.15) is 0 Å². The average molecular weight is 314 g/mol. The molecule has 2 rings (SSSR count). The summed E-state index contributed by atoms with van der Waals surface area (Å²) in [7, 11) is 0. The Bertz CT molecular complexity index is 392. The fourth-order valence-corrected chi connectivity index (χ4v) is 2.82. The zero-order chi connectivity index (χ0) is 13.0. The molecule has 1 aromatic rings. The van der Waals surface area contributed by atoms with E-state index in [0.717, 1.165) is 36.0 Å². The third-order valence-corrected chi connectivity index (χ3v) is 4.14. The molecule has 100 valence electrons. The second kappa shape index (κ2) is 6.36. The van der Waals surface area contributed by atoms with E-state index in [1.165, 1.54) is 12.8 Å². The molecule has 18 heavy (non-hydrogen) atoms. The Labute approximate surface area is 117 Å². The molecule has 0 N–H and O–H groups in total. The number of ether oxygens (including phenoxy) is 1. The van der Waals surface area contributed by atoms with Crippen LogP contribution in [0.2, 0.25) is 0 Å². The standard InChI is InChI=1S/C13H20BrN3O/c1-3-18-12-8-10(2)15-13(16-12)17-6-4-11(9-14)5-7-17/h8,11H,3-7,9H2,1-2H3. The summed E-state index contributed by atoms with van der Waals surface area (Å²) >= 11 is 3.56. The van der Waals surface area contributed by atoms with Crippen LogP contribution in [0, 0.1) is 12.8 Å². The maximum Gasteiger partial charge on any atom is 0.228 e. The summed E-state index contributed by atoms with van der Waals surface area (Å²) in [4.78, 5) is 11.3. The molecule has 0 unspecified atom stereocenters. The van der Waals surface area contributed by atoms with Crippen molar-refractivity contribution >= 4 is 21.9 Å². The number of hydrogen-bond acceptors (Lipinski definition) is 4. The van der Waals surface area contributed by atoms with Gasteiger partial charge in [-0.1, -0.05) is 15.9 Å². The Hall–Kier alpha value is -0.840. The number of hydrogen-bond donors (Lipinski definition) is 0. The van der Waals surface area contributed by atoms with Crippen LogP contribution in [0.3, 0.4) is 0 Å². The van der Waals surface area contributed by atoms with Gasteiger partial charge in [0.25, 0.3) is 0 Å². The number of anilines is 1. The quantitative estimate of drug-likeness (QED) is 0.801. The van der Waals surface area contributed by atoms with Gasteiger partial charge < -0.3 is 9.64 Å². The zero-order valence-corrected chi connectivity index (χ0v) is 12.6. The van der Waals surface area contributed by atoms with Crippen molar-refractivity contribution in [1.29, 1.82) is 0 Å². The maximum absolute atomic E-state index is 5.48. The SMILES string of the molecule is CCOc1cc(C)nc(N2CCC(CBr)CC2)n1. The van der Waals surface area contributed by atoms with E-state index in [9.17, 15) is 0 Å². The fraction of sp³-hybridized carbons (Fsp3) is 0.692. The molecule has 1 aliphatic heterocycles. The molecular weight excluding hydrogens is 294 g/mol. The summed E-state index contributed by atoms with van der Waals surface area (Å²) < 4.78 is 5.48. The van der Waals surface area contributed by atoms with E-state index in [2.05, 4.69) is 30.8 Å². The predicted octanol–water partition coefficient (Wildman–Crippen LogP) is 2.80. The number of halogens is 1. The minimum absolute atomic E-state index is 0.640. The molecule has 0 amide bonds. The Balaban J connectivity index is 2.08. The van der Waals surface area contributed by atoms with Crippen molar-refractivity contribution in [3.63, 3.8) is 0 Å². The number of alkyl halides is 1.